The van der Waals surface area contributed by atoms with E-state index < -0.39 is 0 Å². The Hall–Kier alpha value is -1.27. The van der Waals surface area contributed by atoms with E-state index in [0.29, 0.717) is 19.6 Å². The van der Waals surface area contributed by atoms with Gasteiger partial charge in [0, 0.05) is 30.0 Å². The predicted octanol–water partition coefficient (Wildman–Crippen LogP) is 2.71. The first-order chi connectivity index (χ1) is 11.2. The standard InChI is InChI=1S/C17H23BrN2O3/c1-2-17(21)19-13-4-3-5-20(11-13)10-12-8-15-16(9-14(12)18)23-7-6-22-15/h8-9,13H,2-7,10-11H2,1H3,(H,19,21). The van der Waals surface area contributed by atoms with E-state index >= 15 is 0 Å². The van der Waals surface area contributed by atoms with E-state index in [9.17, 15) is 4.79 Å². The van der Waals surface area contributed by atoms with Crippen molar-refractivity contribution in [1.82, 2.24) is 10.2 Å². The molecule has 23 heavy (non-hydrogen) atoms. The van der Waals surface area contributed by atoms with Crippen molar-refractivity contribution in [1.29, 1.82) is 0 Å². The van der Waals surface area contributed by atoms with Crippen molar-refractivity contribution in [3.63, 3.8) is 0 Å². The molecule has 0 radical (unpaired) electrons. The SMILES string of the molecule is CCC(=O)NC1CCCN(Cc2cc3c(cc2Br)OCCO3)C1. The maximum Gasteiger partial charge on any atom is 0.219 e. The van der Waals surface area contributed by atoms with Gasteiger partial charge in [0.15, 0.2) is 11.5 Å². The van der Waals surface area contributed by atoms with Crippen LogP contribution in [0.5, 0.6) is 11.5 Å². The summed E-state index contributed by atoms with van der Waals surface area (Å²) in [7, 11) is 0. The highest BCUT2D eigenvalue weighted by molar-refractivity contribution is 9.10. The van der Waals surface area contributed by atoms with Crippen LogP contribution in [0.15, 0.2) is 16.6 Å². The van der Waals surface area contributed by atoms with Crippen molar-refractivity contribution < 1.29 is 14.3 Å². The molecule has 1 fully saturated rings. The van der Waals surface area contributed by atoms with Crippen molar-refractivity contribution in [2.24, 2.45) is 0 Å². The van der Waals surface area contributed by atoms with Crippen LogP contribution >= 0.6 is 15.9 Å². The van der Waals surface area contributed by atoms with Gasteiger partial charge < -0.3 is 14.8 Å². The highest BCUT2D eigenvalue weighted by Gasteiger charge is 2.22. The first-order valence-corrected chi connectivity index (χ1v) is 9.04. The number of nitrogens with one attached hydrogen (secondary N) is 1. The van der Waals surface area contributed by atoms with Gasteiger partial charge in [0.05, 0.1) is 0 Å². The molecule has 1 aromatic carbocycles. The Morgan fingerprint density at radius 2 is 2.09 bits per heavy atom. The summed E-state index contributed by atoms with van der Waals surface area (Å²) in [4.78, 5) is 14.0. The second kappa shape index (κ2) is 7.53. The van der Waals surface area contributed by atoms with Gasteiger partial charge in [-0.05, 0) is 37.1 Å². The van der Waals surface area contributed by atoms with Crippen molar-refractivity contribution in [3.05, 3.63) is 22.2 Å². The van der Waals surface area contributed by atoms with Crippen LogP contribution < -0.4 is 14.8 Å². The lowest BCUT2D eigenvalue weighted by Gasteiger charge is -2.33. The lowest BCUT2D eigenvalue weighted by Crippen LogP contribution is -2.47. The van der Waals surface area contributed by atoms with Gasteiger partial charge in [-0.25, -0.2) is 0 Å². The van der Waals surface area contributed by atoms with Gasteiger partial charge in [0.2, 0.25) is 5.91 Å². The number of halogens is 1. The molecular formula is C17H23BrN2O3. The number of benzene rings is 1. The predicted molar refractivity (Wildman–Crippen MR) is 91.9 cm³/mol. The summed E-state index contributed by atoms with van der Waals surface area (Å²) >= 11 is 3.64. The number of carbonyl (C=O) groups is 1. The molecule has 2 aliphatic heterocycles. The average Bonchev–Trinajstić information content (AvgIpc) is 2.56. The lowest BCUT2D eigenvalue weighted by molar-refractivity contribution is -0.121. The Labute approximate surface area is 145 Å². The molecule has 1 aromatic rings. The fourth-order valence-corrected chi connectivity index (χ4v) is 3.56. The van der Waals surface area contributed by atoms with Crippen LogP contribution in [0, 0.1) is 0 Å². The number of likely N-dealkylation sites (tertiary alicyclic amines) is 1. The van der Waals surface area contributed by atoms with Crippen molar-refractivity contribution >= 4 is 21.8 Å². The molecule has 5 nitrogen and oxygen atoms in total. The third-order valence-corrected chi connectivity index (χ3v) is 5.04. The molecule has 0 saturated carbocycles. The molecule has 1 amide bonds. The summed E-state index contributed by atoms with van der Waals surface area (Å²) in [6.07, 6.45) is 2.71. The molecule has 0 aromatic heterocycles. The summed E-state index contributed by atoms with van der Waals surface area (Å²) < 4.78 is 12.3. The maximum absolute atomic E-state index is 11.6. The van der Waals surface area contributed by atoms with E-state index in [4.69, 9.17) is 9.47 Å². The molecule has 1 saturated heterocycles. The summed E-state index contributed by atoms with van der Waals surface area (Å²) in [6, 6.07) is 4.31. The van der Waals surface area contributed by atoms with Crippen molar-refractivity contribution in [2.45, 2.75) is 38.8 Å². The molecule has 6 heteroatoms. The number of hydrogen-bond donors (Lipinski definition) is 1. The average molecular weight is 383 g/mol. The second-order valence-corrected chi connectivity index (χ2v) is 6.94. The Morgan fingerprint density at radius 3 is 2.83 bits per heavy atom. The minimum Gasteiger partial charge on any atom is -0.486 e. The van der Waals surface area contributed by atoms with E-state index in [1.807, 2.05) is 13.0 Å². The van der Waals surface area contributed by atoms with Crippen LogP contribution in [0.3, 0.4) is 0 Å². The maximum atomic E-state index is 11.6. The second-order valence-electron chi connectivity index (χ2n) is 6.08. The number of nitrogens with zero attached hydrogens (tertiary/aromatic N) is 1. The monoisotopic (exact) mass is 382 g/mol. The highest BCUT2D eigenvalue weighted by Crippen LogP contribution is 2.36. The summed E-state index contributed by atoms with van der Waals surface area (Å²) in [6.45, 7) is 5.89. The summed E-state index contributed by atoms with van der Waals surface area (Å²) in [5, 5.41) is 3.11. The molecule has 1 N–H and O–H groups in total. The van der Waals surface area contributed by atoms with Gasteiger partial charge in [0.25, 0.3) is 0 Å². The Balaban J connectivity index is 1.65. The van der Waals surface area contributed by atoms with E-state index in [2.05, 4.69) is 32.2 Å². The quantitative estimate of drug-likeness (QED) is 0.869. The zero-order chi connectivity index (χ0) is 16.2. The number of fused-ring (bicyclic) bond motifs is 1. The van der Waals surface area contributed by atoms with Gasteiger partial charge >= 0.3 is 0 Å². The van der Waals surface area contributed by atoms with Crippen LogP contribution in [0.2, 0.25) is 0 Å². The zero-order valence-corrected chi connectivity index (χ0v) is 15.0. The van der Waals surface area contributed by atoms with E-state index in [-0.39, 0.29) is 11.9 Å². The molecule has 1 unspecified atom stereocenters. The molecule has 0 spiro atoms. The zero-order valence-electron chi connectivity index (χ0n) is 13.4. The van der Waals surface area contributed by atoms with Gasteiger partial charge in [-0.3, -0.25) is 9.69 Å². The van der Waals surface area contributed by atoms with Gasteiger partial charge in [-0.15, -0.1) is 0 Å². The number of carbonyl (C=O) groups excluding carboxylic acids is 1. The van der Waals surface area contributed by atoms with E-state index in [1.54, 1.807) is 0 Å². The molecular weight excluding hydrogens is 360 g/mol. The van der Waals surface area contributed by atoms with E-state index in [1.165, 1.54) is 5.56 Å². The Kier molecular flexibility index (Phi) is 5.43. The first-order valence-electron chi connectivity index (χ1n) is 8.25. The fraction of sp³-hybridized carbons (Fsp3) is 0.588. The number of rotatable bonds is 4. The van der Waals surface area contributed by atoms with Gasteiger partial charge in [0.1, 0.15) is 13.2 Å². The molecule has 3 rings (SSSR count). The van der Waals surface area contributed by atoms with Crippen LogP contribution in [0.25, 0.3) is 0 Å². The van der Waals surface area contributed by atoms with Crippen molar-refractivity contribution in [3.8, 4) is 11.5 Å². The summed E-state index contributed by atoms with van der Waals surface area (Å²) in [5.41, 5.74) is 1.19. The molecule has 126 valence electrons. The van der Waals surface area contributed by atoms with Crippen LogP contribution in [-0.4, -0.2) is 43.2 Å². The van der Waals surface area contributed by atoms with Gasteiger partial charge in [-0.2, -0.15) is 0 Å². The number of ether oxygens (including phenoxy) is 2. The third kappa shape index (κ3) is 4.18. The van der Waals surface area contributed by atoms with Crippen molar-refractivity contribution in [2.75, 3.05) is 26.3 Å². The molecule has 2 aliphatic rings. The van der Waals surface area contributed by atoms with Crippen LogP contribution in [0.4, 0.5) is 0 Å². The number of amides is 1. The minimum atomic E-state index is 0.136. The third-order valence-electron chi connectivity index (χ3n) is 4.30. The molecule has 1 atom stereocenters. The lowest BCUT2D eigenvalue weighted by atomic mass is 10.0. The molecule has 2 heterocycles. The van der Waals surface area contributed by atoms with E-state index in [0.717, 1.165) is 48.4 Å². The van der Waals surface area contributed by atoms with Gasteiger partial charge in [-0.1, -0.05) is 22.9 Å². The first kappa shape index (κ1) is 16.6. The molecule has 0 bridgehead atoms. The summed E-state index contributed by atoms with van der Waals surface area (Å²) in [5.74, 6) is 1.76. The highest BCUT2D eigenvalue weighted by atomic mass is 79.9. The molecule has 0 aliphatic carbocycles. The normalized spacial score (nSPS) is 21.0. The van der Waals surface area contributed by atoms with Crippen LogP contribution in [-0.2, 0) is 11.3 Å². The Morgan fingerprint density at radius 1 is 1.35 bits per heavy atom. The topological polar surface area (TPSA) is 50.8 Å². The Bertz CT molecular complexity index is 579. The largest absolute Gasteiger partial charge is 0.486 e. The smallest absolute Gasteiger partial charge is 0.219 e. The number of piperidine rings is 1. The van der Waals surface area contributed by atoms with Crippen LogP contribution in [0.1, 0.15) is 31.7 Å². The fourth-order valence-electron chi connectivity index (χ4n) is 3.11. The minimum absolute atomic E-state index is 0.136. The number of hydrogen-bond acceptors (Lipinski definition) is 4.